The number of nitrogens with zero attached hydrogens (tertiary/aromatic N) is 4. The Morgan fingerprint density at radius 3 is 2.67 bits per heavy atom. The van der Waals surface area contributed by atoms with Gasteiger partial charge in [0.05, 0.1) is 35.9 Å². The topological polar surface area (TPSA) is 75.6 Å². The molecular formula is C24H26N4O2. The van der Waals surface area contributed by atoms with Gasteiger partial charge < -0.3 is 19.4 Å². The molecule has 1 aliphatic carbocycles. The summed E-state index contributed by atoms with van der Waals surface area (Å²) in [6.45, 7) is 4.95. The molecule has 0 saturated carbocycles. The molecular weight excluding hydrogens is 376 g/mol. The number of para-hydroxylation sites is 2. The van der Waals surface area contributed by atoms with Crippen LogP contribution in [-0.2, 0) is 19.5 Å². The molecule has 0 unspecified atom stereocenters. The summed E-state index contributed by atoms with van der Waals surface area (Å²) in [5, 5.41) is 25.5. The highest BCUT2D eigenvalue weighted by Gasteiger charge is 2.26. The Hall–Kier alpha value is -3.12. The summed E-state index contributed by atoms with van der Waals surface area (Å²) in [5.41, 5.74) is 7.16. The highest BCUT2D eigenvalue weighted by molar-refractivity contribution is 6.06. The first kappa shape index (κ1) is 18.9. The Morgan fingerprint density at radius 2 is 1.83 bits per heavy atom. The lowest BCUT2D eigenvalue weighted by Gasteiger charge is -2.20. The number of aryl methyl sites for hydroxylation is 3. The summed E-state index contributed by atoms with van der Waals surface area (Å²) in [4.78, 5) is 4.61. The van der Waals surface area contributed by atoms with Crippen molar-refractivity contribution in [3.63, 3.8) is 0 Å². The van der Waals surface area contributed by atoms with E-state index in [0.717, 1.165) is 47.3 Å². The van der Waals surface area contributed by atoms with E-state index in [9.17, 15) is 10.3 Å². The van der Waals surface area contributed by atoms with Gasteiger partial charge >= 0.3 is 0 Å². The Bertz CT molecular complexity index is 1280. The molecule has 5 rings (SSSR count). The average Bonchev–Trinajstić information content (AvgIpc) is 3.22. The Labute approximate surface area is 175 Å². The summed E-state index contributed by atoms with van der Waals surface area (Å²) in [6.07, 6.45) is 2.08. The second-order valence-electron chi connectivity index (χ2n) is 8.27. The maximum absolute atomic E-state index is 11.1. The molecule has 0 aliphatic heterocycles. The van der Waals surface area contributed by atoms with Crippen molar-refractivity contribution in [1.82, 2.24) is 14.1 Å². The van der Waals surface area contributed by atoms with Gasteiger partial charge in [-0.15, -0.1) is 0 Å². The van der Waals surface area contributed by atoms with Crippen LogP contribution in [0.3, 0.4) is 0 Å². The number of imidazole rings is 1. The molecule has 6 heteroatoms. The minimum Gasteiger partial charge on any atom is -0.411 e. The van der Waals surface area contributed by atoms with Crippen LogP contribution in [0, 0.1) is 13.8 Å². The third-order valence-electron chi connectivity index (χ3n) is 6.19. The SMILES string of the molecule is Cc1ccc2c(c1)c1c(n2C[C@H](O)Cn2c(C)nc3ccccc32)/C(=N\O)CCC1. The van der Waals surface area contributed by atoms with Gasteiger partial charge in [0.1, 0.15) is 11.5 Å². The lowest BCUT2D eigenvalue weighted by molar-refractivity contribution is 0.136. The van der Waals surface area contributed by atoms with Gasteiger partial charge in [0.15, 0.2) is 0 Å². The van der Waals surface area contributed by atoms with Gasteiger partial charge in [-0.2, -0.15) is 0 Å². The molecule has 0 bridgehead atoms. The quantitative estimate of drug-likeness (QED) is 0.397. The van der Waals surface area contributed by atoms with Gasteiger partial charge in [-0.1, -0.05) is 28.9 Å². The minimum absolute atomic E-state index is 0.430. The second-order valence-corrected chi connectivity index (χ2v) is 8.27. The summed E-state index contributed by atoms with van der Waals surface area (Å²) in [5.74, 6) is 0.892. The standard InChI is InChI=1S/C24H26N4O2/c1-15-10-11-22-19(12-15)18-6-5-8-21(26-30)24(18)28(22)14-17(29)13-27-16(2)25-20-7-3-4-9-23(20)27/h3-4,7,9-12,17,29-30H,5-6,8,13-14H2,1-2H3/b26-21-/t17-/m1/s1. The molecule has 1 aliphatic rings. The van der Waals surface area contributed by atoms with E-state index < -0.39 is 6.10 Å². The van der Waals surface area contributed by atoms with E-state index in [-0.39, 0.29) is 0 Å². The molecule has 0 saturated heterocycles. The number of aliphatic hydroxyl groups excluding tert-OH is 1. The van der Waals surface area contributed by atoms with Crippen LogP contribution >= 0.6 is 0 Å². The van der Waals surface area contributed by atoms with Crippen molar-refractivity contribution in [2.45, 2.75) is 52.3 Å². The van der Waals surface area contributed by atoms with Gasteiger partial charge in [-0.3, -0.25) is 0 Å². The molecule has 2 heterocycles. The third-order valence-corrected chi connectivity index (χ3v) is 6.19. The van der Waals surface area contributed by atoms with Crippen molar-refractivity contribution < 1.29 is 10.3 Å². The number of hydrogen-bond donors (Lipinski definition) is 2. The van der Waals surface area contributed by atoms with Crippen LogP contribution in [-0.4, -0.2) is 36.2 Å². The minimum atomic E-state index is -0.607. The highest BCUT2D eigenvalue weighted by Crippen LogP contribution is 2.33. The van der Waals surface area contributed by atoms with Gasteiger partial charge in [0, 0.05) is 10.9 Å². The molecule has 0 amide bonds. The summed E-state index contributed by atoms with van der Waals surface area (Å²) in [6, 6.07) is 14.4. The zero-order valence-corrected chi connectivity index (χ0v) is 17.3. The molecule has 0 radical (unpaired) electrons. The number of rotatable bonds is 4. The van der Waals surface area contributed by atoms with Crippen molar-refractivity contribution in [2.75, 3.05) is 0 Å². The van der Waals surface area contributed by atoms with Crippen molar-refractivity contribution >= 4 is 27.6 Å². The van der Waals surface area contributed by atoms with E-state index in [2.05, 4.69) is 44.4 Å². The van der Waals surface area contributed by atoms with Crippen LogP contribution in [0.25, 0.3) is 21.9 Å². The van der Waals surface area contributed by atoms with E-state index in [1.54, 1.807) is 0 Å². The average molecular weight is 402 g/mol. The fourth-order valence-corrected chi connectivity index (χ4v) is 4.86. The van der Waals surface area contributed by atoms with Crippen LogP contribution in [0.15, 0.2) is 47.6 Å². The maximum Gasteiger partial charge on any atom is 0.106 e. The maximum atomic E-state index is 11.1. The van der Waals surface area contributed by atoms with E-state index in [1.165, 1.54) is 16.5 Å². The monoisotopic (exact) mass is 402 g/mol. The second kappa shape index (κ2) is 7.29. The summed E-state index contributed by atoms with van der Waals surface area (Å²) in [7, 11) is 0. The lowest BCUT2D eigenvalue weighted by Crippen LogP contribution is -2.26. The first-order valence-electron chi connectivity index (χ1n) is 10.5. The number of hydrogen-bond acceptors (Lipinski definition) is 4. The Balaban J connectivity index is 1.56. The van der Waals surface area contributed by atoms with E-state index in [1.807, 2.05) is 31.2 Å². The van der Waals surface area contributed by atoms with Crippen LogP contribution in [0.2, 0.25) is 0 Å². The van der Waals surface area contributed by atoms with Gasteiger partial charge in [-0.05, 0) is 62.9 Å². The third kappa shape index (κ3) is 2.99. The van der Waals surface area contributed by atoms with Crippen LogP contribution in [0.4, 0.5) is 0 Å². The van der Waals surface area contributed by atoms with Crippen molar-refractivity contribution in [3.05, 3.63) is 65.1 Å². The molecule has 30 heavy (non-hydrogen) atoms. The molecule has 1 atom stereocenters. The zero-order chi connectivity index (χ0) is 20.8. The molecule has 2 aromatic heterocycles. The Morgan fingerprint density at radius 1 is 1.03 bits per heavy atom. The van der Waals surface area contributed by atoms with Crippen LogP contribution < -0.4 is 0 Å². The van der Waals surface area contributed by atoms with Crippen molar-refractivity contribution in [3.8, 4) is 0 Å². The first-order chi connectivity index (χ1) is 14.6. The molecule has 0 fully saturated rings. The van der Waals surface area contributed by atoms with Crippen molar-refractivity contribution in [1.29, 1.82) is 0 Å². The number of fused-ring (bicyclic) bond motifs is 4. The van der Waals surface area contributed by atoms with E-state index in [4.69, 9.17) is 0 Å². The van der Waals surface area contributed by atoms with Crippen molar-refractivity contribution in [2.24, 2.45) is 5.16 Å². The zero-order valence-electron chi connectivity index (χ0n) is 17.3. The predicted octanol–water partition coefficient (Wildman–Crippen LogP) is 4.18. The van der Waals surface area contributed by atoms with Gasteiger partial charge in [0.2, 0.25) is 0 Å². The van der Waals surface area contributed by atoms with Crippen LogP contribution in [0.5, 0.6) is 0 Å². The number of benzene rings is 2. The normalized spacial score (nSPS) is 16.4. The fraction of sp³-hybridized carbons (Fsp3) is 0.333. The highest BCUT2D eigenvalue weighted by atomic mass is 16.4. The number of oxime groups is 1. The molecule has 4 aromatic rings. The molecule has 0 spiro atoms. The van der Waals surface area contributed by atoms with Crippen LogP contribution in [0.1, 0.15) is 35.5 Å². The molecule has 6 nitrogen and oxygen atoms in total. The summed E-state index contributed by atoms with van der Waals surface area (Å²) < 4.78 is 4.21. The smallest absolute Gasteiger partial charge is 0.106 e. The molecule has 2 N–H and O–H groups in total. The number of aromatic nitrogens is 3. The molecule has 2 aromatic carbocycles. The lowest BCUT2D eigenvalue weighted by atomic mass is 9.93. The largest absolute Gasteiger partial charge is 0.411 e. The van der Waals surface area contributed by atoms with E-state index in [0.29, 0.717) is 18.8 Å². The summed E-state index contributed by atoms with van der Waals surface area (Å²) >= 11 is 0. The number of aliphatic hydroxyl groups is 1. The van der Waals surface area contributed by atoms with Gasteiger partial charge in [-0.25, -0.2) is 4.98 Å². The van der Waals surface area contributed by atoms with E-state index >= 15 is 0 Å². The predicted molar refractivity (Wildman–Crippen MR) is 118 cm³/mol. The fourth-order valence-electron chi connectivity index (χ4n) is 4.86. The Kier molecular flexibility index (Phi) is 4.59. The van der Waals surface area contributed by atoms with Gasteiger partial charge in [0.25, 0.3) is 0 Å². The molecule has 154 valence electrons. The first-order valence-corrected chi connectivity index (χ1v) is 10.5.